The minimum absolute atomic E-state index is 0.0935. The van der Waals surface area contributed by atoms with Crippen LogP contribution in [0.1, 0.15) is 95.8 Å². The molecule has 1 N–H and O–H groups in total. The first-order chi connectivity index (χ1) is 17.1. The average Bonchev–Trinajstić information content (AvgIpc) is 3.61. The highest BCUT2D eigenvalue weighted by atomic mass is 16.6. The van der Waals surface area contributed by atoms with Crippen LogP contribution in [0.15, 0.2) is 18.2 Å². The van der Waals surface area contributed by atoms with E-state index >= 15 is 0 Å². The summed E-state index contributed by atoms with van der Waals surface area (Å²) in [5, 5.41) is 11.0. The third kappa shape index (κ3) is 4.96. The number of carbonyl (C=O) groups excluding carboxylic acids is 2. The van der Waals surface area contributed by atoms with Crippen molar-refractivity contribution in [1.82, 2.24) is 4.90 Å². The number of benzene rings is 1. The van der Waals surface area contributed by atoms with Gasteiger partial charge in [0, 0.05) is 24.1 Å². The van der Waals surface area contributed by atoms with E-state index in [2.05, 4.69) is 6.07 Å². The fourth-order valence-electron chi connectivity index (χ4n) is 6.87. The fraction of sp³-hybridized carbons (Fsp3) is 0.724. The van der Waals surface area contributed by atoms with Crippen molar-refractivity contribution < 1.29 is 28.9 Å². The highest BCUT2D eigenvalue weighted by Crippen LogP contribution is 2.50. The number of amides is 1. The van der Waals surface area contributed by atoms with Gasteiger partial charge in [-0.25, -0.2) is 4.79 Å². The number of piperidine rings is 1. The van der Waals surface area contributed by atoms with Gasteiger partial charge in [-0.1, -0.05) is 19.1 Å². The lowest BCUT2D eigenvalue weighted by Crippen LogP contribution is -2.51. The topological polar surface area (TPSA) is 85.3 Å². The molecule has 0 spiro atoms. The van der Waals surface area contributed by atoms with Gasteiger partial charge in [0.1, 0.15) is 17.5 Å². The van der Waals surface area contributed by atoms with E-state index in [9.17, 15) is 14.7 Å². The van der Waals surface area contributed by atoms with Crippen LogP contribution in [0, 0.1) is 17.8 Å². The number of carbonyl (C=O) groups is 2. The Balaban J connectivity index is 1.32. The second kappa shape index (κ2) is 9.55. The molecule has 0 radical (unpaired) electrons. The molecule has 2 bridgehead atoms. The Hall–Kier alpha value is -2.28. The largest absolute Gasteiger partial charge is 0.490 e. The number of aliphatic hydroxyl groups excluding tert-OH is 1. The molecule has 1 aromatic carbocycles. The number of ether oxygens (including phenoxy) is 3. The van der Waals surface area contributed by atoms with Crippen molar-refractivity contribution in [2.75, 3.05) is 7.11 Å². The number of esters is 1. The molecule has 3 aliphatic heterocycles. The van der Waals surface area contributed by atoms with Crippen molar-refractivity contribution in [1.29, 1.82) is 0 Å². The summed E-state index contributed by atoms with van der Waals surface area (Å²) in [5.74, 6) is 1.18. The van der Waals surface area contributed by atoms with Crippen LogP contribution in [-0.4, -0.2) is 53.0 Å². The number of methoxy groups -OCH3 is 1. The van der Waals surface area contributed by atoms with Gasteiger partial charge in [0.2, 0.25) is 0 Å². The SMILES string of the molecule is COC(=O)C(C)C(c1ccc2c(c1)OC(C1C[C@H]3CC[C@@H](C1)N3C(=O)OC(C)(C)C)CC2O)C1CC1. The molecule has 1 aliphatic carbocycles. The summed E-state index contributed by atoms with van der Waals surface area (Å²) >= 11 is 0. The Labute approximate surface area is 214 Å². The second-order valence-corrected chi connectivity index (χ2v) is 12.4. The van der Waals surface area contributed by atoms with Crippen LogP contribution >= 0.6 is 0 Å². The third-order valence-corrected chi connectivity index (χ3v) is 8.66. The molecular weight excluding hydrogens is 458 g/mol. The summed E-state index contributed by atoms with van der Waals surface area (Å²) in [6.07, 6.45) is 5.64. The standard InChI is InChI=1S/C29H41NO6/c1-16(27(32)34-5)26(17-6-7-17)18-8-11-22-23(31)15-24(35-25(22)14-18)19-12-20-9-10-21(13-19)30(20)28(33)36-29(2,3)4/h8,11,14,16-17,19-21,23-24,26,31H,6-7,9-10,12-13,15H2,1-5H3/t16?,19?,20-,21+,23?,24?,26?. The van der Waals surface area contributed by atoms with E-state index in [4.69, 9.17) is 14.2 Å². The fourth-order valence-corrected chi connectivity index (χ4v) is 6.87. The van der Waals surface area contributed by atoms with Crippen LogP contribution in [0.2, 0.25) is 0 Å². The van der Waals surface area contributed by atoms with E-state index in [0.717, 1.165) is 55.4 Å². The van der Waals surface area contributed by atoms with Gasteiger partial charge < -0.3 is 24.2 Å². The van der Waals surface area contributed by atoms with E-state index in [1.54, 1.807) is 0 Å². The molecule has 1 saturated carbocycles. The highest BCUT2D eigenvalue weighted by molar-refractivity contribution is 5.73. The van der Waals surface area contributed by atoms with Gasteiger partial charge in [-0.2, -0.15) is 0 Å². The Bertz CT molecular complexity index is 984. The number of nitrogens with zero attached hydrogens (tertiary/aromatic N) is 1. The zero-order valence-electron chi connectivity index (χ0n) is 22.2. The first-order valence-electron chi connectivity index (χ1n) is 13.6. The lowest BCUT2D eigenvalue weighted by atomic mass is 9.80. The third-order valence-electron chi connectivity index (χ3n) is 8.66. The van der Waals surface area contributed by atoms with E-state index in [1.807, 2.05) is 44.7 Å². The molecule has 7 atom stereocenters. The Morgan fingerprint density at radius 2 is 1.75 bits per heavy atom. The van der Waals surface area contributed by atoms with Crippen molar-refractivity contribution in [2.45, 2.75) is 108 Å². The predicted molar refractivity (Wildman–Crippen MR) is 135 cm³/mol. The van der Waals surface area contributed by atoms with Crippen LogP contribution in [0.3, 0.4) is 0 Å². The first kappa shape index (κ1) is 25.4. The number of fused-ring (bicyclic) bond motifs is 3. The van der Waals surface area contributed by atoms with Crippen molar-refractivity contribution in [3.05, 3.63) is 29.3 Å². The maximum atomic E-state index is 12.9. The molecule has 7 heteroatoms. The van der Waals surface area contributed by atoms with Gasteiger partial charge in [0.05, 0.1) is 19.1 Å². The zero-order valence-corrected chi connectivity index (χ0v) is 22.2. The average molecular weight is 500 g/mol. The smallest absolute Gasteiger partial charge is 0.410 e. The van der Waals surface area contributed by atoms with E-state index in [1.165, 1.54) is 7.11 Å². The molecule has 4 aliphatic rings. The van der Waals surface area contributed by atoms with Gasteiger partial charge >= 0.3 is 12.1 Å². The van der Waals surface area contributed by atoms with Crippen molar-refractivity contribution >= 4 is 12.1 Å². The molecule has 1 aromatic rings. The molecular formula is C29H41NO6. The van der Waals surface area contributed by atoms with Crippen molar-refractivity contribution in [3.8, 4) is 5.75 Å². The van der Waals surface area contributed by atoms with E-state index in [-0.39, 0.29) is 48.0 Å². The van der Waals surface area contributed by atoms with Crippen LogP contribution in [0.4, 0.5) is 4.79 Å². The summed E-state index contributed by atoms with van der Waals surface area (Å²) in [5.41, 5.74) is 1.40. The number of hydrogen-bond donors (Lipinski definition) is 1. The number of hydrogen-bond acceptors (Lipinski definition) is 6. The molecule has 0 aromatic heterocycles. The van der Waals surface area contributed by atoms with E-state index in [0.29, 0.717) is 12.3 Å². The maximum Gasteiger partial charge on any atom is 0.410 e. The number of rotatable bonds is 5. The molecule has 3 heterocycles. The monoisotopic (exact) mass is 499 g/mol. The summed E-state index contributed by atoms with van der Waals surface area (Å²) in [6, 6.07) is 6.40. The van der Waals surface area contributed by atoms with Gasteiger partial charge in [-0.3, -0.25) is 4.79 Å². The molecule has 2 saturated heterocycles. The molecule has 198 valence electrons. The lowest BCUT2D eigenvalue weighted by Gasteiger charge is -2.43. The maximum absolute atomic E-state index is 12.9. The summed E-state index contributed by atoms with van der Waals surface area (Å²) in [7, 11) is 1.45. The van der Waals surface area contributed by atoms with Gasteiger partial charge in [0.25, 0.3) is 0 Å². The van der Waals surface area contributed by atoms with Crippen molar-refractivity contribution in [3.63, 3.8) is 0 Å². The minimum atomic E-state index is -0.577. The zero-order chi connectivity index (χ0) is 25.8. The van der Waals surface area contributed by atoms with Crippen LogP contribution < -0.4 is 4.74 Å². The van der Waals surface area contributed by atoms with Gasteiger partial charge in [-0.15, -0.1) is 0 Å². The quantitative estimate of drug-likeness (QED) is 0.550. The highest BCUT2D eigenvalue weighted by Gasteiger charge is 2.48. The minimum Gasteiger partial charge on any atom is -0.490 e. The van der Waals surface area contributed by atoms with Crippen LogP contribution in [0.5, 0.6) is 5.75 Å². The Morgan fingerprint density at radius 3 is 2.33 bits per heavy atom. The normalized spacial score (nSPS) is 31.2. The summed E-state index contributed by atoms with van der Waals surface area (Å²) in [4.78, 5) is 27.2. The molecule has 1 amide bonds. The summed E-state index contributed by atoms with van der Waals surface area (Å²) < 4.78 is 17.3. The Morgan fingerprint density at radius 1 is 1.08 bits per heavy atom. The van der Waals surface area contributed by atoms with Crippen LogP contribution in [0.25, 0.3) is 0 Å². The van der Waals surface area contributed by atoms with Gasteiger partial charge in [0.15, 0.2) is 0 Å². The predicted octanol–water partition coefficient (Wildman–Crippen LogP) is 5.35. The lowest BCUT2D eigenvalue weighted by molar-refractivity contribution is -0.145. The van der Waals surface area contributed by atoms with E-state index < -0.39 is 11.7 Å². The molecule has 5 unspecified atom stereocenters. The van der Waals surface area contributed by atoms with Crippen LogP contribution in [-0.2, 0) is 14.3 Å². The second-order valence-electron chi connectivity index (χ2n) is 12.4. The van der Waals surface area contributed by atoms with Gasteiger partial charge in [-0.05, 0) is 88.7 Å². The first-order valence-corrected chi connectivity index (χ1v) is 13.6. The molecule has 36 heavy (non-hydrogen) atoms. The summed E-state index contributed by atoms with van der Waals surface area (Å²) in [6.45, 7) is 7.66. The van der Waals surface area contributed by atoms with Crippen molar-refractivity contribution in [2.24, 2.45) is 17.8 Å². The molecule has 7 nitrogen and oxygen atoms in total. The number of aliphatic hydroxyl groups is 1. The molecule has 5 rings (SSSR count). The Kier molecular flexibility index (Phi) is 6.73. The molecule has 3 fully saturated rings.